The smallest absolute Gasteiger partial charge is 0.251 e. The molecule has 1 aliphatic rings. The van der Waals surface area contributed by atoms with Crippen LogP contribution in [0.4, 0.5) is 0 Å². The van der Waals surface area contributed by atoms with Gasteiger partial charge in [-0.15, -0.1) is 0 Å². The predicted molar refractivity (Wildman–Crippen MR) is 104 cm³/mol. The quantitative estimate of drug-likeness (QED) is 0.771. The van der Waals surface area contributed by atoms with Gasteiger partial charge in [-0.3, -0.25) is 4.79 Å². The third-order valence-electron chi connectivity index (χ3n) is 4.53. The number of nitrogens with one attached hydrogen (secondary N) is 1. The third kappa shape index (κ3) is 6.08. The van der Waals surface area contributed by atoms with Crippen molar-refractivity contribution in [3.8, 4) is 5.75 Å². The Morgan fingerprint density at radius 3 is 2.59 bits per heavy atom. The van der Waals surface area contributed by atoms with Crippen molar-refractivity contribution in [2.24, 2.45) is 0 Å². The van der Waals surface area contributed by atoms with Crippen molar-refractivity contribution >= 4 is 5.91 Å². The molecule has 1 aliphatic heterocycles. The van der Waals surface area contributed by atoms with Gasteiger partial charge in [-0.05, 0) is 55.2 Å². The van der Waals surface area contributed by atoms with Crippen molar-refractivity contribution in [1.82, 2.24) is 5.32 Å². The highest BCUT2D eigenvalue weighted by atomic mass is 16.5. The number of carbonyl (C=O) groups excluding carboxylic acids is 1. The molecule has 0 aromatic heterocycles. The number of ether oxygens (including phenoxy) is 3. The van der Waals surface area contributed by atoms with Crippen molar-refractivity contribution in [2.75, 3.05) is 19.8 Å². The van der Waals surface area contributed by atoms with Crippen molar-refractivity contribution in [1.29, 1.82) is 0 Å². The first-order valence-corrected chi connectivity index (χ1v) is 9.53. The SMILES string of the molecule is CCOc1ccc(C(=O)NCc2cccc(COC3CCOCC3)c2)cc1. The average molecular weight is 369 g/mol. The topological polar surface area (TPSA) is 56.8 Å². The van der Waals surface area contributed by atoms with Gasteiger partial charge in [0.15, 0.2) is 0 Å². The maximum atomic E-state index is 12.3. The Bertz CT molecular complexity index is 723. The fourth-order valence-corrected chi connectivity index (χ4v) is 3.04. The molecular weight excluding hydrogens is 342 g/mol. The first-order valence-electron chi connectivity index (χ1n) is 9.53. The molecule has 144 valence electrons. The van der Waals surface area contributed by atoms with Gasteiger partial charge in [-0.25, -0.2) is 0 Å². The lowest BCUT2D eigenvalue weighted by Gasteiger charge is -2.22. The number of hydrogen-bond donors (Lipinski definition) is 1. The minimum Gasteiger partial charge on any atom is -0.494 e. The van der Waals surface area contributed by atoms with Gasteiger partial charge in [0.1, 0.15) is 5.75 Å². The fourth-order valence-electron chi connectivity index (χ4n) is 3.04. The highest BCUT2D eigenvalue weighted by Crippen LogP contribution is 2.15. The van der Waals surface area contributed by atoms with E-state index in [1.165, 1.54) is 0 Å². The average Bonchev–Trinajstić information content (AvgIpc) is 2.72. The Kier molecular flexibility index (Phi) is 7.25. The monoisotopic (exact) mass is 369 g/mol. The van der Waals surface area contributed by atoms with Gasteiger partial charge in [-0.1, -0.05) is 24.3 Å². The maximum absolute atomic E-state index is 12.3. The predicted octanol–water partition coefficient (Wildman–Crippen LogP) is 3.71. The third-order valence-corrected chi connectivity index (χ3v) is 4.53. The summed E-state index contributed by atoms with van der Waals surface area (Å²) in [7, 11) is 0. The summed E-state index contributed by atoms with van der Waals surface area (Å²) in [5, 5.41) is 2.96. The summed E-state index contributed by atoms with van der Waals surface area (Å²) in [6, 6.07) is 15.3. The molecule has 1 N–H and O–H groups in total. The Labute approximate surface area is 160 Å². The number of carbonyl (C=O) groups is 1. The molecular formula is C22H27NO4. The molecule has 0 radical (unpaired) electrons. The zero-order valence-electron chi connectivity index (χ0n) is 15.8. The van der Waals surface area contributed by atoms with Gasteiger partial charge in [-0.2, -0.15) is 0 Å². The van der Waals surface area contributed by atoms with Crippen LogP contribution < -0.4 is 10.1 Å². The second-order valence-electron chi connectivity index (χ2n) is 6.58. The molecule has 0 saturated carbocycles. The molecule has 0 unspecified atom stereocenters. The molecule has 27 heavy (non-hydrogen) atoms. The van der Waals surface area contributed by atoms with Crippen LogP contribution in [0.2, 0.25) is 0 Å². The summed E-state index contributed by atoms with van der Waals surface area (Å²) in [5.74, 6) is 0.674. The Hall–Kier alpha value is -2.37. The van der Waals surface area contributed by atoms with E-state index in [1.807, 2.05) is 31.2 Å². The lowest BCUT2D eigenvalue weighted by atomic mass is 10.1. The van der Waals surface area contributed by atoms with E-state index in [4.69, 9.17) is 14.2 Å². The lowest BCUT2D eigenvalue weighted by Crippen LogP contribution is -2.23. The molecule has 1 fully saturated rings. The second-order valence-corrected chi connectivity index (χ2v) is 6.58. The van der Waals surface area contributed by atoms with E-state index in [0.717, 1.165) is 42.9 Å². The van der Waals surface area contributed by atoms with Gasteiger partial charge < -0.3 is 19.5 Å². The zero-order valence-corrected chi connectivity index (χ0v) is 15.8. The largest absolute Gasteiger partial charge is 0.494 e. The first kappa shape index (κ1) is 19.4. The molecule has 2 aromatic rings. The Morgan fingerprint density at radius 2 is 1.85 bits per heavy atom. The Balaban J connectivity index is 1.49. The molecule has 1 heterocycles. The van der Waals surface area contributed by atoms with Crippen LogP contribution in [0.1, 0.15) is 41.3 Å². The van der Waals surface area contributed by atoms with Gasteiger partial charge in [0.25, 0.3) is 5.91 Å². The molecule has 5 nitrogen and oxygen atoms in total. The van der Waals surface area contributed by atoms with Gasteiger partial charge in [0.05, 0.1) is 19.3 Å². The minimum absolute atomic E-state index is 0.0955. The van der Waals surface area contributed by atoms with Crippen molar-refractivity contribution in [3.05, 3.63) is 65.2 Å². The van der Waals surface area contributed by atoms with Crippen LogP contribution in [-0.2, 0) is 22.6 Å². The summed E-state index contributed by atoms with van der Waals surface area (Å²) < 4.78 is 16.7. The number of rotatable bonds is 8. The molecule has 1 amide bonds. The van der Waals surface area contributed by atoms with Crippen LogP contribution in [0.5, 0.6) is 5.75 Å². The second kappa shape index (κ2) is 10.1. The summed E-state index contributed by atoms with van der Waals surface area (Å²) in [6.07, 6.45) is 2.19. The summed E-state index contributed by atoms with van der Waals surface area (Å²) in [6.45, 7) is 5.18. The van der Waals surface area contributed by atoms with Crippen molar-refractivity contribution < 1.29 is 19.0 Å². The molecule has 0 spiro atoms. The minimum atomic E-state index is -0.0955. The molecule has 1 saturated heterocycles. The molecule has 0 aliphatic carbocycles. The van der Waals surface area contributed by atoms with Crippen LogP contribution in [0.25, 0.3) is 0 Å². The van der Waals surface area contributed by atoms with E-state index in [2.05, 4.69) is 17.4 Å². The normalized spacial score (nSPS) is 14.7. The summed E-state index contributed by atoms with van der Waals surface area (Å²) in [5.41, 5.74) is 2.80. The van der Waals surface area contributed by atoms with Gasteiger partial charge in [0, 0.05) is 25.3 Å². The lowest BCUT2D eigenvalue weighted by molar-refractivity contribution is -0.0390. The van der Waals surface area contributed by atoms with E-state index in [1.54, 1.807) is 12.1 Å². The number of amides is 1. The molecule has 0 bridgehead atoms. The van der Waals surface area contributed by atoms with Crippen LogP contribution in [0, 0.1) is 0 Å². The number of benzene rings is 2. The van der Waals surface area contributed by atoms with E-state index >= 15 is 0 Å². The van der Waals surface area contributed by atoms with Crippen LogP contribution in [0.15, 0.2) is 48.5 Å². The van der Waals surface area contributed by atoms with Gasteiger partial charge >= 0.3 is 0 Å². The standard InChI is InChI=1S/C22H27NO4/c1-2-26-20-8-6-19(7-9-20)22(24)23-15-17-4-3-5-18(14-17)16-27-21-10-12-25-13-11-21/h3-9,14,21H,2,10-13,15-16H2,1H3,(H,23,24). The van der Waals surface area contributed by atoms with E-state index in [-0.39, 0.29) is 12.0 Å². The molecule has 3 rings (SSSR count). The highest BCUT2D eigenvalue weighted by Gasteiger charge is 2.14. The Morgan fingerprint density at radius 1 is 1.11 bits per heavy atom. The van der Waals surface area contributed by atoms with E-state index in [9.17, 15) is 4.79 Å². The number of hydrogen-bond acceptors (Lipinski definition) is 4. The van der Waals surface area contributed by atoms with Crippen molar-refractivity contribution in [2.45, 2.75) is 39.0 Å². The van der Waals surface area contributed by atoms with E-state index < -0.39 is 0 Å². The van der Waals surface area contributed by atoms with Crippen LogP contribution >= 0.6 is 0 Å². The molecule has 0 atom stereocenters. The van der Waals surface area contributed by atoms with E-state index in [0.29, 0.717) is 25.3 Å². The summed E-state index contributed by atoms with van der Waals surface area (Å²) >= 11 is 0. The maximum Gasteiger partial charge on any atom is 0.251 e. The first-order chi connectivity index (χ1) is 13.2. The summed E-state index contributed by atoms with van der Waals surface area (Å²) in [4.78, 5) is 12.3. The highest BCUT2D eigenvalue weighted by molar-refractivity contribution is 5.94. The van der Waals surface area contributed by atoms with Crippen molar-refractivity contribution in [3.63, 3.8) is 0 Å². The zero-order chi connectivity index (χ0) is 18.9. The van der Waals surface area contributed by atoms with Gasteiger partial charge in [0.2, 0.25) is 0 Å². The van der Waals surface area contributed by atoms with Crippen LogP contribution in [0.3, 0.4) is 0 Å². The molecule has 2 aromatic carbocycles. The molecule has 5 heteroatoms. The van der Waals surface area contributed by atoms with Crippen LogP contribution in [-0.4, -0.2) is 31.8 Å². The fraction of sp³-hybridized carbons (Fsp3) is 0.409.